The van der Waals surface area contributed by atoms with Crippen molar-refractivity contribution in [2.24, 2.45) is 4.99 Å². The Labute approximate surface area is 44.5 Å². The van der Waals surface area contributed by atoms with Crippen LogP contribution in [0.5, 0.6) is 0 Å². The van der Waals surface area contributed by atoms with Crippen LogP contribution >= 0.6 is 0 Å². The molecular weight excluding hydrogens is 86.1 g/mol. The average molecular weight is 97.2 g/mol. The molecule has 1 fully saturated rings. The molecule has 0 spiro atoms. The molecule has 0 aromatic heterocycles. The molecule has 0 aromatic rings. The lowest BCUT2D eigenvalue weighted by Gasteiger charge is -1.83. The fourth-order valence-electron chi connectivity index (χ4n) is 0.569. The molecule has 0 unspecified atom stereocenters. The molecule has 0 atom stereocenters. The third-order valence-electron chi connectivity index (χ3n) is 0.988. The van der Waals surface area contributed by atoms with E-state index in [-0.39, 0.29) is 0 Å². The first-order chi connectivity index (χ1) is 3.29. The van der Waals surface area contributed by atoms with Crippen LogP contribution in [0.15, 0.2) is 4.99 Å². The Morgan fingerprint density at radius 1 is 1.43 bits per heavy atom. The third-order valence-corrected chi connectivity index (χ3v) is 0.988. The zero-order chi connectivity index (χ0) is 5.28. The Bertz CT molecular complexity index is 86.4. The SMILES string of the molecule is CC(C)=NC1CC1. The van der Waals surface area contributed by atoms with Gasteiger partial charge in [0.15, 0.2) is 0 Å². The van der Waals surface area contributed by atoms with E-state index in [1.165, 1.54) is 18.6 Å². The van der Waals surface area contributed by atoms with Crippen LogP contribution in [0.1, 0.15) is 26.7 Å². The van der Waals surface area contributed by atoms with Crippen LogP contribution < -0.4 is 0 Å². The molecule has 0 radical (unpaired) electrons. The number of aliphatic imine (C=N–C) groups is 1. The summed E-state index contributed by atoms with van der Waals surface area (Å²) in [5, 5.41) is 0. The van der Waals surface area contributed by atoms with Crippen molar-refractivity contribution >= 4 is 5.71 Å². The molecule has 1 aliphatic rings. The van der Waals surface area contributed by atoms with Gasteiger partial charge in [0, 0.05) is 11.8 Å². The van der Waals surface area contributed by atoms with Gasteiger partial charge >= 0.3 is 0 Å². The van der Waals surface area contributed by atoms with Crippen molar-refractivity contribution in [1.82, 2.24) is 0 Å². The maximum Gasteiger partial charge on any atom is 0.0500 e. The number of rotatable bonds is 1. The summed E-state index contributed by atoms with van der Waals surface area (Å²) >= 11 is 0. The lowest BCUT2D eigenvalue weighted by atomic mass is 10.5. The summed E-state index contributed by atoms with van der Waals surface area (Å²) < 4.78 is 0. The average Bonchev–Trinajstić information content (AvgIpc) is 2.17. The predicted molar refractivity (Wildman–Crippen MR) is 31.8 cm³/mol. The second-order valence-electron chi connectivity index (χ2n) is 2.31. The van der Waals surface area contributed by atoms with Gasteiger partial charge in [-0.15, -0.1) is 0 Å². The minimum Gasteiger partial charge on any atom is -0.291 e. The molecule has 40 valence electrons. The highest BCUT2D eigenvalue weighted by molar-refractivity contribution is 5.79. The van der Waals surface area contributed by atoms with Crippen molar-refractivity contribution in [2.75, 3.05) is 0 Å². The van der Waals surface area contributed by atoms with Crippen molar-refractivity contribution in [2.45, 2.75) is 32.7 Å². The normalized spacial score (nSPS) is 19.1. The van der Waals surface area contributed by atoms with Crippen molar-refractivity contribution < 1.29 is 0 Å². The quantitative estimate of drug-likeness (QED) is 0.441. The van der Waals surface area contributed by atoms with E-state index in [2.05, 4.69) is 18.8 Å². The van der Waals surface area contributed by atoms with Gasteiger partial charge in [-0.25, -0.2) is 0 Å². The van der Waals surface area contributed by atoms with E-state index in [1.54, 1.807) is 0 Å². The Hall–Kier alpha value is -0.330. The lowest BCUT2D eigenvalue weighted by molar-refractivity contribution is 1.06. The minimum absolute atomic E-state index is 0.713. The Kier molecular flexibility index (Phi) is 1.13. The standard InChI is InChI=1S/C6H11N/c1-5(2)7-6-3-4-6/h6H,3-4H2,1-2H3. The fourth-order valence-corrected chi connectivity index (χ4v) is 0.569. The molecule has 0 aromatic carbocycles. The van der Waals surface area contributed by atoms with Gasteiger partial charge in [-0.3, -0.25) is 4.99 Å². The molecule has 0 saturated heterocycles. The second-order valence-corrected chi connectivity index (χ2v) is 2.31. The first kappa shape index (κ1) is 4.82. The van der Waals surface area contributed by atoms with Crippen LogP contribution in [0.25, 0.3) is 0 Å². The monoisotopic (exact) mass is 97.1 g/mol. The second kappa shape index (κ2) is 1.65. The van der Waals surface area contributed by atoms with E-state index in [4.69, 9.17) is 0 Å². The maximum atomic E-state index is 4.31. The van der Waals surface area contributed by atoms with Gasteiger partial charge in [0.05, 0.1) is 0 Å². The number of nitrogens with zero attached hydrogens (tertiary/aromatic N) is 1. The van der Waals surface area contributed by atoms with Gasteiger partial charge in [0.1, 0.15) is 0 Å². The highest BCUT2D eigenvalue weighted by Gasteiger charge is 2.18. The summed E-state index contributed by atoms with van der Waals surface area (Å²) in [6, 6.07) is 0.713. The Morgan fingerprint density at radius 3 is 2.14 bits per heavy atom. The van der Waals surface area contributed by atoms with Crippen LogP contribution in [0.3, 0.4) is 0 Å². The molecule has 0 bridgehead atoms. The van der Waals surface area contributed by atoms with Gasteiger partial charge in [0.25, 0.3) is 0 Å². The minimum atomic E-state index is 0.713. The van der Waals surface area contributed by atoms with E-state index >= 15 is 0 Å². The van der Waals surface area contributed by atoms with Crippen LogP contribution in [0, 0.1) is 0 Å². The smallest absolute Gasteiger partial charge is 0.0500 e. The summed E-state index contributed by atoms with van der Waals surface area (Å²) in [6.07, 6.45) is 2.65. The topological polar surface area (TPSA) is 12.4 Å². The molecule has 1 aliphatic carbocycles. The van der Waals surface area contributed by atoms with Gasteiger partial charge in [-0.05, 0) is 26.7 Å². The lowest BCUT2D eigenvalue weighted by Crippen LogP contribution is -1.82. The highest BCUT2D eigenvalue weighted by Crippen LogP contribution is 2.23. The highest BCUT2D eigenvalue weighted by atomic mass is 14.8. The van der Waals surface area contributed by atoms with Crippen LogP contribution in [-0.2, 0) is 0 Å². The van der Waals surface area contributed by atoms with E-state index in [0.29, 0.717) is 6.04 Å². The zero-order valence-corrected chi connectivity index (χ0v) is 4.94. The molecule has 0 heterocycles. The van der Waals surface area contributed by atoms with Crippen molar-refractivity contribution in [3.63, 3.8) is 0 Å². The van der Waals surface area contributed by atoms with Crippen molar-refractivity contribution in [3.05, 3.63) is 0 Å². The molecule has 7 heavy (non-hydrogen) atoms. The van der Waals surface area contributed by atoms with Crippen LogP contribution in [0.4, 0.5) is 0 Å². The molecule has 1 nitrogen and oxygen atoms in total. The number of hydrogen-bond acceptors (Lipinski definition) is 1. The molecule has 1 rings (SSSR count). The van der Waals surface area contributed by atoms with Gasteiger partial charge in [-0.2, -0.15) is 0 Å². The fraction of sp³-hybridized carbons (Fsp3) is 0.833. The summed E-state index contributed by atoms with van der Waals surface area (Å²) in [7, 11) is 0. The van der Waals surface area contributed by atoms with E-state index < -0.39 is 0 Å². The van der Waals surface area contributed by atoms with Crippen molar-refractivity contribution in [3.8, 4) is 0 Å². The van der Waals surface area contributed by atoms with E-state index in [9.17, 15) is 0 Å². The van der Waals surface area contributed by atoms with Gasteiger partial charge in [0.2, 0.25) is 0 Å². The van der Waals surface area contributed by atoms with E-state index in [1.807, 2.05) is 0 Å². The summed E-state index contributed by atoms with van der Waals surface area (Å²) in [6.45, 7) is 4.11. The third kappa shape index (κ3) is 1.72. The number of hydrogen-bond donors (Lipinski definition) is 0. The molecule has 0 aliphatic heterocycles. The molecular formula is C6H11N. The summed E-state index contributed by atoms with van der Waals surface area (Å²) in [5.41, 5.74) is 1.22. The maximum absolute atomic E-state index is 4.31. The summed E-state index contributed by atoms with van der Waals surface area (Å²) in [4.78, 5) is 4.31. The summed E-state index contributed by atoms with van der Waals surface area (Å²) in [5.74, 6) is 0. The first-order valence-electron chi connectivity index (χ1n) is 2.80. The van der Waals surface area contributed by atoms with Gasteiger partial charge < -0.3 is 0 Å². The predicted octanol–water partition coefficient (Wildman–Crippen LogP) is 1.63. The van der Waals surface area contributed by atoms with E-state index in [0.717, 1.165) is 0 Å². The molecule has 1 heteroatoms. The van der Waals surface area contributed by atoms with Crippen LogP contribution in [0.2, 0.25) is 0 Å². The Morgan fingerprint density at radius 2 is 2.00 bits per heavy atom. The molecule has 0 N–H and O–H groups in total. The van der Waals surface area contributed by atoms with Crippen LogP contribution in [-0.4, -0.2) is 11.8 Å². The van der Waals surface area contributed by atoms with Crippen molar-refractivity contribution in [1.29, 1.82) is 0 Å². The first-order valence-corrected chi connectivity index (χ1v) is 2.80. The molecule has 0 amide bonds. The Balaban J connectivity index is 2.29. The largest absolute Gasteiger partial charge is 0.291 e. The zero-order valence-electron chi connectivity index (χ0n) is 4.94. The van der Waals surface area contributed by atoms with Gasteiger partial charge in [-0.1, -0.05) is 0 Å². The molecule has 1 saturated carbocycles.